The van der Waals surface area contributed by atoms with Crippen LogP contribution in [0.1, 0.15) is 47.5 Å². The first kappa shape index (κ1) is 15.3. The summed E-state index contributed by atoms with van der Waals surface area (Å²) in [5.74, 6) is 0.197. The highest BCUT2D eigenvalue weighted by Crippen LogP contribution is 2.37. The summed E-state index contributed by atoms with van der Waals surface area (Å²) in [5.41, 5.74) is -0.461. The predicted molar refractivity (Wildman–Crippen MR) is 71.4 cm³/mol. The molecule has 1 N–H and O–H groups in total. The van der Waals surface area contributed by atoms with Gasteiger partial charge < -0.3 is 14.7 Å². The van der Waals surface area contributed by atoms with Crippen LogP contribution in [0.4, 0.5) is 4.79 Å². The smallest absolute Gasteiger partial charge is 0.410 e. The third kappa shape index (κ3) is 3.87. The second-order valence-corrected chi connectivity index (χ2v) is 6.74. The van der Waals surface area contributed by atoms with Crippen molar-refractivity contribution in [1.29, 1.82) is 0 Å². The molecule has 2 unspecified atom stereocenters. The van der Waals surface area contributed by atoms with Gasteiger partial charge in [-0.05, 0) is 44.9 Å². The van der Waals surface area contributed by atoms with Gasteiger partial charge in [0.05, 0.1) is 0 Å². The van der Waals surface area contributed by atoms with E-state index in [4.69, 9.17) is 4.74 Å². The monoisotopic (exact) mass is 257 g/mol. The summed E-state index contributed by atoms with van der Waals surface area (Å²) in [6, 6.07) is 0. The Balaban J connectivity index is 2.66. The molecule has 1 amide bonds. The predicted octanol–water partition coefficient (Wildman–Crippen LogP) is 2.65. The van der Waals surface area contributed by atoms with Gasteiger partial charge in [0.2, 0.25) is 0 Å². The maximum Gasteiger partial charge on any atom is 0.410 e. The zero-order valence-corrected chi connectivity index (χ0v) is 12.3. The van der Waals surface area contributed by atoms with Gasteiger partial charge in [-0.25, -0.2) is 4.79 Å². The van der Waals surface area contributed by atoms with Gasteiger partial charge in [0, 0.05) is 19.7 Å². The highest BCUT2D eigenvalue weighted by molar-refractivity contribution is 5.68. The number of likely N-dealkylation sites (tertiary alicyclic amines) is 1. The first-order valence-corrected chi connectivity index (χ1v) is 6.77. The van der Waals surface area contributed by atoms with Crippen LogP contribution in [-0.2, 0) is 4.74 Å². The van der Waals surface area contributed by atoms with E-state index in [2.05, 4.69) is 6.92 Å². The van der Waals surface area contributed by atoms with Gasteiger partial charge in [-0.2, -0.15) is 0 Å². The maximum atomic E-state index is 12.1. The van der Waals surface area contributed by atoms with Crippen LogP contribution in [0.15, 0.2) is 0 Å². The number of ether oxygens (including phenoxy) is 1. The number of rotatable bonds is 2. The van der Waals surface area contributed by atoms with E-state index in [9.17, 15) is 9.90 Å². The molecule has 1 fully saturated rings. The molecule has 0 radical (unpaired) electrons. The molecule has 1 aliphatic heterocycles. The van der Waals surface area contributed by atoms with Crippen LogP contribution in [0, 0.1) is 11.3 Å². The van der Waals surface area contributed by atoms with Gasteiger partial charge in [-0.1, -0.05) is 13.8 Å². The third-order valence-electron chi connectivity index (χ3n) is 3.84. The van der Waals surface area contributed by atoms with Crippen LogP contribution in [0.5, 0.6) is 0 Å². The second-order valence-electron chi connectivity index (χ2n) is 6.74. The van der Waals surface area contributed by atoms with Crippen molar-refractivity contribution in [2.75, 3.05) is 19.7 Å². The summed E-state index contributed by atoms with van der Waals surface area (Å²) in [6.07, 6.45) is 1.78. The minimum Gasteiger partial charge on any atom is -0.444 e. The van der Waals surface area contributed by atoms with Crippen molar-refractivity contribution in [1.82, 2.24) is 4.90 Å². The molecular weight excluding hydrogens is 230 g/mol. The number of piperidine rings is 1. The standard InChI is InChI=1S/C14H27NO3/c1-11(9-16)14(5)7-6-8-15(10-14)12(17)18-13(2,3)4/h11,16H,6-10H2,1-5H3. The molecule has 0 aromatic carbocycles. The number of hydrogen-bond acceptors (Lipinski definition) is 3. The quantitative estimate of drug-likeness (QED) is 0.827. The fraction of sp³-hybridized carbons (Fsp3) is 0.929. The molecule has 0 aromatic heterocycles. The van der Waals surface area contributed by atoms with Gasteiger partial charge in [0.1, 0.15) is 5.60 Å². The van der Waals surface area contributed by atoms with Crippen molar-refractivity contribution in [3.8, 4) is 0 Å². The van der Waals surface area contributed by atoms with E-state index in [0.29, 0.717) is 6.54 Å². The van der Waals surface area contributed by atoms with Crippen molar-refractivity contribution in [2.45, 2.75) is 53.1 Å². The van der Waals surface area contributed by atoms with Crippen molar-refractivity contribution in [2.24, 2.45) is 11.3 Å². The fourth-order valence-electron chi connectivity index (χ4n) is 2.37. The Morgan fingerprint density at radius 1 is 1.50 bits per heavy atom. The van der Waals surface area contributed by atoms with Crippen molar-refractivity contribution >= 4 is 6.09 Å². The number of amides is 1. The van der Waals surface area contributed by atoms with E-state index >= 15 is 0 Å². The SMILES string of the molecule is CC(CO)C1(C)CCCN(C(=O)OC(C)(C)C)C1. The van der Waals surface area contributed by atoms with Crippen molar-refractivity contribution in [3.63, 3.8) is 0 Å². The Kier molecular flexibility index (Phi) is 4.65. The Morgan fingerprint density at radius 3 is 2.61 bits per heavy atom. The minimum atomic E-state index is -0.451. The highest BCUT2D eigenvalue weighted by atomic mass is 16.6. The molecule has 2 atom stereocenters. The van der Waals surface area contributed by atoms with Gasteiger partial charge in [-0.3, -0.25) is 0 Å². The number of carbonyl (C=O) groups excluding carboxylic acids is 1. The summed E-state index contributed by atoms with van der Waals surface area (Å²) in [4.78, 5) is 13.8. The topological polar surface area (TPSA) is 49.8 Å². The summed E-state index contributed by atoms with van der Waals surface area (Å²) < 4.78 is 5.41. The van der Waals surface area contributed by atoms with Crippen LogP contribution in [0.3, 0.4) is 0 Å². The number of aliphatic hydroxyl groups is 1. The van der Waals surface area contributed by atoms with E-state index in [1.54, 1.807) is 4.90 Å². The maximum absolute atomic E-state index is 12.1. The van der Waals surface area contributed by atoms with Gasteiger partial charge >= 0.3 is 6.09 Å². The molecule has 4 heteroatoms. The minimum absolute atomic E-state index is 0.0100. The molecule has 106 valence electrons. The molecule has 4 nitrogen and oxygen atoms in total. The fourth-order valence-corrected chi connectivity index (χ4v) is 2.37. The van der Waals surface area contributed by atoms with E-state index in [0.717, 1.165) is 19.4 Å². The Hall–Kier alpha value is -0.770. The lowest BCUT2D eigenvalue weighted by Gasteiger charge is -2.43. The van der Waals surface area contributed by atoms with Crippen LogP contribution < -0.4 is 0 Å². The van der Waals surface area contributed by atoms with E-state index in [-0.39, 0.29) is 24.0 Å². The van der Waals surface area contributed by atoms with Gasteiger partial charge in [0.25, 0.3) is 0 Å². The average molecular weight is 257 g/mol. The number of nitrogens with zero attached hydrogens (tertiary/aromatic N) is 1. The molecule has 1 rings (SSSR count). The van der Waals surface area contributed by atoms with Crippen LogP contribution in [-0.4, -0.2) is 41.4 Å². The van der Waals surface area contributed by atoms with Gasteiger partial charge in [0.15, 0.2) is 0 Å². The number of hydrogen-bond donors (Lipinski definition) is 1. The molecular formula is C14H27NO3. The molecule has 0 aliphatic carbocycles. The lowest BCUT2D eigenvalue weighted by molar-refractivity contribution is -0.00962. The van der Waals surface area contributed by atoms with Crippen molar-refractivity contribution < 1.29 is 14.6 Å². The second kappa shape index (κ2) is 5.47. The first-order valence-electron chi connectivity index (χ1n) is 6.77. The molecule has 1 aliphatic rings. The number of carbonyl (C=O) groups is 1. The molecule has 1 saturated heterocycles. The van der Waals surface area contributed by atoms with Crippen molar-refractivity contribution in [3.05, 3.63) is 0 Å². The lowest BCUT2D eigenvalue weighted by atomic mass is 9.72. The van der Waals surface area contributed by atoms with Crippen LogP contribution >= 0.6 is 0 Å². The summed E-state index contributed by atoms with van der Waals surface area (Å²) in [5, 5.41) is 9.33. The molecule has 0 aromatic rings. The largest absolute Gasteiger partial charge is 0.444 e. The first-order chi connectivity index (χ1) is 8.18. The third-order valence-corrected chi connectivity index (χ3v) is 3.84. The molecule has 0 bridgehead atoms. The molecule has 0 saturated carbocycles. The molecule has 0 spiro atoms. The molecule has 1 heterocycles. The average Bonchev–Trinajstić information content (AvgIpc) is 2.25. The van der Waals surface area contributed by atoms with E-state index in [1.807, 2.05) is 27.7 Å². The van der Waals surface area contributed by atoms with E-state index in [1.165, 1.54) is 0 Å². The zero-order valence-electron chi connectivity index (χ0n) is 12.3. The Morgan fingerprint density at radius 2 is 2.11 bits per heavy atom. The zero-order chi connectivity index (χ0) is 14.0. The summed E-state index contributed by atoms with van der Waals surface area (Å²) in [6.45, 7) is 11.4. The lowest BCUT2D eigenvalue weighted by Crippen LogP contribution is -2.49. The van der Waals surface area contributed by atoms with Gasteiger partial charge in [-0.15, -0.1) is 0 Å². The Bertz CT molecular complexity index is 298. The number of aliphatic hydroxyl groups excluding tert-OH is 1. The summed E-state index contributed by atoms with van der Waals surface area (Å²) >= 11 is 0. The Labute approximate surface area is 110 Å². The van der Waals surface area contributed by atoms with E-state index < -0.39 is 5.60 Å². The highest BCUT2D eigenvalue weighted by Gasteiger charge is 2.38. The van der Waals surface area contributed by atoms with Crippen LogP contribution in [0.25, 0.3) is 0 Å². The molecule has 18 heavy (non-hydrogen) atoms. The summed E-state index contributed by atoms with van der Waals surface area (Å²) in [7, 11) is 0. The normalized spacial score (nSPS) is 26.9. The van der Waals surface area contributed by atoms with Crippen LogP contribution in [0.2, 0.25) is 0 Å².